The monoisotopic (exact) mass is 271 g/mol. The van der Waals surface area contributed by atoms with Gasteiger partial charge in [0, 0.05) is 5.41 Å². The van der Waals surface area contributed by atoms with Crippen LogP contribution in [0.15, 0.2) is 48.5 Å². The molecule has 1 amide bonds. The van der Waals surface area contributed by atoms with Gasteiger partial charge in [-0.1, -0.05) is 50.2 Å². The molecule has 3 heteroatoms. The van der Waals surface area contributed by atoms with Gasteiger partial charge in [-0.3, -0.25) is 9.69 Å². The molecule has 0 spiro atoms. The van der Waals surface area contributed by atoms with Crippen LogP contribution in [0.2, 0.25) is 0 Å². The van der Waals surface area contributed by atoms with Crippen molar-refractivity contribution >= 4 is 28.3 Å². The number of carbonyl (C=O) groups excluding carboxylic acids is 1. The molecule has 96 valence electrons. The zero-order valence-corrected chi connectivity index (χ0v) is 11.6. The highest BCUT2D eigenvalue weighted by Gasteiger charge is 2.37. The molecule has 3 rings (SSSR count). The van der Waals surface area contributed by atoms with Crippen LogP contribution in [0.1, 0.15) is 25.0 Å². The highest BCUT2D eigenvalue weighted by atomic mass is 35.5. The standard InChI is InChI=1S/C16H14ClNO/c1-16(2)11-7-3-5-9-13(11)18(15(17)19)14-10-6-4-8-12(14)16/h3-10H,1-2H3. The van der Waals surface area contributed by atoms with Crippen molar-refractivity contribution in [3.05, 3.63) is 59.7 Å². The largest absolute Gasteiger partial charge is 0.325 e. The highest BCUT2D eigenvalue weighted by Crippen LogP contribution is 2.48. The molecule has 1 aliphatic heterocycles. The second-order valence-electron chi connectivity index (χ2n) is 5.25. The summed E-state index contributed by atoms with van der Waals surface area (Å²) in [6.07, 6.45) is 0. The third-order valence-corrected chi connectivity index (χ3v) is 3.98. The smallest absolute Gasteiger partial charge is 0.267 e. The Hall–Kier alpha value is -1.80. The van der Waals surface area contributed by atoms with Crippen LogP contribution < -0.4 is 4.90 Å². The number of para-hydroxylation sites is 2. The second kappa shape index (κ2) is 4.10. The van der Waals surface area contributed by atoms with Crippen LogP contribution in [-0.2, 0) is 5.41 Å². The minimum Gasteiger partial charge on any atom is -0.267 e. The third-order valence-electron chi connectivity index (χ3n) is 3.81. The van der Waals surface area contributed by atoms with Crippen LogP contribution in [0.3, 0.4) is 0 Å². The summed E-state index contributed by atoms with van der Waals surface area (Å²) in [5, 5.41) is -0.476. The lowest BCUT2D eigenvalue weighted by Gasteiger charge is -2.39. The summed E-state index contributed by atoms with van der Waals surface area (Å²) in [6.45, 7) is 4.33. The molecule has 0 radical (unpaired) electrons. The number of carbonyl (C=O) groups is 1. The van der Waals surface area contributed by atoms with Gasteiger partial charge in [0.05, 0.1) is 11.4 Å². The van der Waals surface area contributed by atoms with E-state index < -0.39 is 5.37 Å². The predicted octanol–water partition coefficient (Wildman–Crippen LogP) is 4.82. The maximum absolute atomic E-state index is 11.8. The highest BCUT2D eigenvalue weighted by molar-refractivity contribution is 6.67. The van der Waals surface area contributed by atoms with Gasteiger partial charge in [0.1, 0.15) is 0 Å². The maximum atomic E-state index is 11.8. The number of hydrogen-bond acceptors (Lipinski definition) is 1. The predicted molar refractivity (Wildman–Crippen MR) is 78.4 cm³/mol. The lowest BCUT2D eigenvalue weighted by Crippen LogP contribution is -2.34. The molecule has 0 saturated carbocycles. The van der Waals surface area contributed by atoms with E-state index in [1.54, 1.807) is 4.90 Å². The Kier molecular flexibility index (Phi) is 2.64. The quantitative estimate of drug-likeness (QED) is 0.497. The number of benzene rings is 2. The van der Waals surface area contributed by atoms with Crippen molar-refractivity contribution in [1.82, 2.24) is 0 Å². The number of anilines is 2. The van der Waals surface area contributed by atoms with E-state index in [1.807, 2.05) is 36.4 Å². The van der Waals surface area contributed by atoms with E-state index in [0.717, 1.165) is 22.5 Å². The Balaban J connectivity index is 2.37. The molecule has 1 heterocycles. The number of rotatable bonds is 0. The molecule has 0 atom stereocenters. The normalized spacial score (nSPS) is 15.6. The van der Waals surface area contributed by atoms with Crippen molar-refractivity contribution in [3.63, 3.8) is 0 Å². The Morgan fingerprint density at radius 1 is 0.947 bits per heavy atom. The van der Waals surface area contributed by atoms with E-state index in [9.17, 15) is 4.79 Å². The number of halogens is 1. The van der Waals surface area contributed by atoms with Crippen LogP contribution in [0.5, 0.6) is 0 Å². The minimum absolute atomic E-state index is 0.143. The molecular formula is C16H14ClNO. The van der Waals surface area contributed by atoms with Crippen molar-refractivity contribution in [2.24, 2.45) is 0 Å². The first-order valence-corrected chi connectivity index (χ1v) is 6.60. The molecule has 0 saturated heterocycles. The molecule has 0 bridgehead atoms. The lowest BCUT2D eigenvalue weighted by molar-refractivity contribution is 0.265. The SMILES string of the molecule is CC1(C)c2ccccc2N(C(=O)Cl)c2ccccc21. The Labute approximate surface area is 117 Å². The Morgan fingerprint density at radius 3 is 1.79 bits per heavy atom. The number of amides is 1. The molecule has 19 heavy (non-hydrogen) atoms. The van der Waals surface area contributed by atoms with E-state index in [4.69, 9.17) is 11.6 Å². The molecule has 0 N–H and O–H groups in total. The summed E-state index contributed by atoms with van der Waals surface area (Å²) in [7, 11) is 0. The summed E-state index contributed by atoms with van der Waals surface area (Å²) >= 11 is 5.79. The van der Waals surface area contributed by atoms with Crippen LogP contribution >= 0.6 is 11.6 Å². The Bertz CT molecular complexity index is 614. The molecule has 2 aromatic carbocycles. The first-order valence-electron chi connectivity index (χ1n) is 6.22. The summed E-state index contributed by atoms with van der Waals surface area (Å²) in [5.74, 6) is 0. The fraction of sp³-hybridized carbons (Fsp3) is 0.188. The van der Waals surface area contributed by atoms with E-state index in [-0.39, 0.29) is 5.41 Å². The van der Waals surface area contributed by atoms with Gasteiger partial charge < -0.3 is 0 Å². The number of hydrogen-bond donors (Lipinski definition) is 0. The van der Waals surface area contributed by atoms with Crippen LogP contribution in [0, 0.1) is 0 Å². The van der Waals surface area contributed by atoms with Crippen molar-refractivity contribution in [1.29, 1.82) is 0 Å². The van der Waals surface area contributed by atoms with Gasteiger partial charge in [0.15, 0.2) is 0 Å². The van der Waals surface area contributed by atoms with Crippen molar-refractivity contribution in [3.8, 4) is 0 Å². The minimum atomic E-state index is -0.476. The first kappa shape index (κ1) is 12.2. The van der Waals surface area contributed by atoms with Gasteiger partial charge in [0.25, 0.3) is 0 Å². The second-order valence-corrected chi connectivity index (χ2v) is 5.57. The van der Waals surface area contributed by atoms with Gasteiger partial charge in [-0.05, 0) is 34.9 Å². The Morgan fingerprint density at radius 2 is 1.37 bits per heavy atom. The van der Waals surface area contributed by atoms with E-state index in [0.29, 0.717) is 0 Å². The molecule has 2 aromatic rings. The lowest BCUT2D eigenvalue weighted by atomic mass is 9.74. The van der Waals surface area contributed by atoms with E-state index in [2.05, 4.69) is 26.0 Å². The number of nitrogens with zero attached hydrogens (tertiary/aromatic N) is 1. The summed E-state index contributed by atoms with van der Waals surface area (Å²) in [4.78, 5) is 13.4. The third kappa shape index (κ3) is 1.67. The zero-order valence-electron chi connectivity index (χ0n) is 10.9. The fourth-order valence-corrected chi connectivity index (χ4v) is 3.04. The van der Waals surface area contributed by atoms with Crippen molar-refractivity contribution < 1.29 is 4.79 Å². The average Bonchev–Trinajstić information content (AvgIpc) is 2.39. The molecule has 0 aromatic heterocycles. The molecular weight excluding hydrogens is 258 g/mol. The molecule has 2 nitrogen and oxygen atoms in total. The van der Waals surface area contributed by atoms with Crippen LogP contribution in [-0.4, -0.2) is 5.37 Å². The van der Waals surface area contributed by atoms with Crippen molar-refractivity contribution in [2.75, 3.05) is 4.90 Å². The molecule has 0 unspecified atom stereocenters. The number of fused-ring (bicyclic) bond motifs is 2. The summed E-state index contributed by atoms with van der Waals surface area (Å²) < 4.78 is 0. The van der Waals surface area contributed by atoms with Crippen LogP contribution in [0.25, 0.3) is 0 Å². The van der Waals surface area contributed by atoms with Gasteiger partial charge in [-0.2, -0.15) is 0 Å². The molecule has 0 fully saturated rings. The van der Waals surface area contributed by atoms with Gasteiger partial charge >= 0.3 is 5.37 Å². The van der Waals surface area contributed by atoms with Crippen molar-refractivity contribution in [2.45, 2.75) is 19.3 Å². The summed E-state index contributed by atoms with van der Waals surface area (Å²) in [6, 6.07) is 15.8. The molecule has 0 aliphatic carbocycles. The van der Waals surface area contributed by atoms with E-state index in [1.165, 1.54) is 0 Å². The first-order chi connectivity index (χ1) is 9.03. The van der Waals surface area contributed by atoms with Gasteiger partial charge in [-0.25, -0.2) is 0 Å². The van der Waals surface area contributed by atoms with Gasteiger partial charge in [-0.15, -0.1) is 0 Å². The topological polar surface area (TPSA) is 20.3 Å². The van der Waals surface area contributed by atoms with Crippen LogP contribution in [0.4, 0.5) is 16.2 Å². The summed E-state index contributed by atoms with van der Waals surface area (Å²) in [5.41, 5.74) is 3.82. The maximum Gasteiger partial charge on any atom is 0.325 e. The van der Waals surface area contributed by atoms with Gasteiger partial charge in [0.2, 0.25) is 0 Å². The zero-order chi connectivity index (χ0) is 13.6. The molecule has 1 aliphatic rings. The average molecular weight is 272 g/mol. The van der Waals surface area contributed by atoms with E-state index >= 15 is 0 Å². The fourth-order valence-electron chi connectivity index (χ4n) is 2.86.